The first-order valence-electron chi connectivity index (χ1n) is 1.17. The second kappa shape index (κ2) is 2.70. The van der Waals surface area contributed by atoms with Gasteiger partial charge in [0.05, 0.1) is 0 Å². The van der Waals surface area contributed by atoms with Crippen molar-refractivity contribution in [3.63, 3.8) is 0 Å². The molecule has 0 aliphatic rings. The molecule has 0 aromatic rings. The van der Waals surface area contributed by atoms with Crippen LogP contribution in [0, 0.1) is 0 Å². The van der Waals surface area contributed by atoms with Crippen molar-refractivity contribution in [2.24, 2.45) is 0 Å². The van der Waals surface area contributed by atoms with E-state index in [0.29, 0.717) is 6.54 Å². The molecule has 0 aliphatic carbocycles. The Bertz CT molecular complexity index is 17.2. The molecule has 0 atom stereocenters. The van der Waals surface area contributed by atoms with Gasteiger partial charge in [-0.2, -0.15) is 0 Å². The van der Waals surface area contributed by atoms with E-state index in [4.69, 9.17) is 5.73 Å². The molecule has 0 fully saturated rings. The van der Waals surface area contributed by atoms with E-state index in [0.717, 1.165) is 0 Å². The lowest BCUT2D eigenvalue weighted by Gasteiger charge is -1.77. The molecule has 0 heterocycles. The van der Waals surface area contributed by atoms with Crippen molar-refractivity contribution in [2.45, 2.75) is 0 Å². The Balaban J connectivity index is 2.30. The highest BCUT2D eigenvalue weighted by atomic mass is 14.5. The Morgan fingerprint density at radius 2 is 2.25 bits per heavy atom. The first-order chi connectivity index (χ1) is 1.91. The molecule has 0 saturated heterocycles. The van der Waals surface area contributed by atoms with E-state index in [1.165, 1.54) is 0 Å². The average Bonchev–Trinajstić information content (AvgIpc) is 1.37. The fraction of sp³-hybridized carbons (Fsp3) is 0.333. The molecule has 0 rings (SSSR count). The summed E-state index contributed by atoms with van der Waals surface area (Å²) in [7, 11) is 0. The topological polar surface area (TPSA) is 23.8 Å². The van der Waals surface area contributed by atoms with Crippen LogP contribution in [0.25, 0.3) is 5.73 Å². The normalized spacial score (nSPS) is 6.25. The quantitative estimate of drug-likeness (QED) is 0.403. The lowest BCUT2D eigenvalue weighted by molar-refractivity contribution is 1.59. The largest absolute Gasteiger partial charge is 0.674 e. The molecule has 0 spiro atoms. The van der Waals surface area contributed by atoms with Crippen molar-refractivity contribution in [3.05, 3.63) is 18.4 Å². The van der Waals surface area contributed by atoms with E-state index < -0.39 is 0 Å². The zero-order chi connectivity index (χ0) is 3.41. The van der Waals surface area contributed by atoms with Crippen LogP contribution in [0.5, 0.6) is 0 Å². The van der Waals surface area contributed by atoms with Crippen molar-refractivity contribution in [1.82, 2.24) is 0 Å². The van der Waals surface area contributed by atoms with E-state index in [2.05, 4.69) is 6.58 Å². The standard InChI is InChI=1S/C3H6N/c1-2-3-4/h2,4H,1,3H2/q-1. The Hall–Kier alpha value is -0.300. The third-order valence-corrected chi connectivity index (χ3v) is 0.144. The molecule has 4 heavy (non-hydrogen) atoms. The fourth-order valence-corrected chi connectivity index (χ4v) is 0. The number of nitrogens with one attached hydrogen (secondary N) is 1. The molecule has 1 nitrogen and oxygen atoms in total. The predicted octanol–water partition coefficient (Wildman–Crippen LogP) is 1.22. The van der Waals surface area contributed by atoms with Gasteiger partial charge in [0.1, 0.15) is 0 Å². The highest BCUT2D eigenvalue weighted by Gasteiger charge is 1.31. The van der Waals surface area contributed by atoms with Crippen molar-refractivity contribution in [2.75, 3.05) is 6.54 Å². The van der Waals surface area contributed by atoms with Crippen molar-refractivity contribution < 1.29 is 0 Å². The second-order valence-corrected chi connectivity index (χ2v) is 0.493. The molecule has 24 valence electrons. The zero-order valence-electron chi connectivity index (χ0n) is 2.49. The molecule has 0 unspecified atom stereocenters. The molecular weight excluding hydrogens is 50.0 g/mol. The third-order valence-electron chi connectivity index (χ3n) is 0.144. The predicted molar refractivity (Wildman–Crippen MR) is 19.4 cm³/mol. The van der Waals surface area contributed by atoms with Crippen LogP contribution < -0.4 is 0 Å². The third kappa shape index (κ3) is 1.70. The highest BCUT2D eigenvalue weighted by molar-refractivity contribution is 4.73. The smallest absolute Gasteiger partial charge is 0.105 e. The Morgan fingerprint density at radius 3 is 2.25 bits per heavy atom. The van der Waals surface area contributed by atoms with Gasteiger partial charge < -0.3 is 5.73 Å². The van der Waals surface area contributed by atoms with Gasteiger partial charge in [0.25, 0.3) is 0 Å². The molecule has 0 bridgehead atoms. The molecule has 0 aliphatic heterocycles. The molecule has 0 radical (unpaired) electrons. The van der Waals surface area contributed by atoms with Gasteiger partial charge in [-0.25, -0.2) is 0 Å². The van der Waals surface area contributed by atoms with E-state index in [1.54, 1.807) is 6.08 Å². The van der Waals surface area contributed by atoms with Crippen molar-refractivity contribution in [3.8, 4) is 0 Å². The van der Waals surface area contributed by atoms with Gasteiger partial charge in [-0.1, -0.05) is 0 Å². The maximum atomic E-state index is 6.33. The highest BCUT2D eigenvalue weighted by Crippen LogP contribution is 1.55. The van der Waals surface area contributed by atoms with E-state index in [-0.39, 0.29) is 0 Å². The van der Waals surface area contributed by atoms with Gasteiger partial charge >= 0.3 is 0 Å². The molecule has 1 heteroatoms. The molecule has 1 N–H and O–H groups in total. The molecular formula is C3H6N-. The summed E-state index contributed by atoms with van der Waals surface area (Å²) in [5.41, 5.74) is 6.33. The van der Waals surface area contributed by atoms with Crippen LogP contribution in [0.15, 0.2) is 12.7 Å². The molecule has 0 saturated carbocycles. The number of hydrogen-bond donors (Lipinski definition) is 0. The van der Waals surface area contributed by atoms with Crippen LogP contribution >= 0.6 is 0 Å². The zero-order valence-corrected chi connectivity index (χ0v) is 2.49. The average molecular weight is 56.1 g/mol. The van der Waals surface area contributed by atoms with E-state index in [9.17, 15) is 0 Å². The van der Waals surface area contributed by atoms with Gasteiger partial charge in [-0.3, -0.25) is 0 Å². The Morgan fingerprint density at radius 1 is 2.00 bits per heavy atom. The van der Waals surface area contributed by atoms with Gasteiger partial charge in [-0.15, -0.1) is 19.2 Å². The summed E-state index contributed by atoms with van der Waals surface area (Å²) in [5.74, 6) is 0. The van der Waals surface area contributed by atoms with Crippen LogP contribution in [-0.4, -0.2) is 6.54 Å². The van der Waals surface area contributed by atoms with Crippen LogP contribution in [-0.2, 0) is 0 Å². The fourth-order valence-electron chi connectivity index (χ4n) is 0. The van der Waals surface area contributed by atoms with Gasteiger partial charge in [0.2, 0.25) is 0 Å². The minimum absolute atomic E-state index is 0.333. The van der Waals surface area contributed by atoms with E-state index >= 15 is 0 Å². The first-order valence-corrected chi connectivity index (χ1v) is 1.17. The van der Waals surface area contributed by atoms with Crippen LogP contribution in [0.1, 0.15) is 0 Å². The van der Waals surface area contributed by atoms with Crippen molar-refractivity contribution in [1.29, 1.82) is 0 Å². The molecule has 0 aromatic carbocycles. The summed E-state index contributed by atoms with van der Waals surface area (Å²) in [6, 6.07) is 0. The lowest BCUT2D eigenvalue weighted by atomic mass is 10.7. The summed E-state index contributed by atoms with van der Waals surface area (Å²) in [5, 5.41) is 0. The number of rotatable bonds is 1. The first kappa shape index (κ1) is 3.70. The van der Waals surface area contributed by atoms with Crippen LogP contribution in [0.4, 0.5) is 0 Å². The van der Waals surface area contributed by atoms with Crippen LogP contribution in [0.3, 0.4) is 0 Å². The Labute approximate surface area is 26.1 Å². The maximum absolute atomic E-state index is 6.33. The minimum Gasteiger partial charge on any atom is -0.674 e. The second-order valence-electron chi connectivity index (χ2n) is 0.493. The van der Waals surface area contributed by atoms with Crippen LogP contribution in [0.2, 0.25) is 0 Å². The molecule has 0 amide bonds. The summed E-state index contributed by atoms with van der Waals surface area (Å²) < 4.78 is 0. The van der Waals surface area contributed by atoms with E-state index in [1.807, 2.05) is 0 Å². The monoisotopic (exact) mass is 56.1 g/mol. The van der Waals surface area contributed by atoms with Crippen molar-refractivity contribution >= 4 is 0 Å². The summed E-state index contributed by atoms with van der Waals surface area (Å²) in [4.78, 5) is 0. The number of hydrogen-bond acceptors (Lipinski definition) is 0. The van der Waals surface area contributed by atoms with Gasteiger partial charge in [0.15, 0.2) is 0 Å². The SMILES string of the molecule is C=CC[NH-]. The summed E-state index contributed by atoms with van der Waals surface area (Å²) in [6.07, 6.45) is 1.54. The van der Waals surface area contributed by atoms with Gasteiger partial charge in [-0.05, 0) is 0 Å². The van der Waals surface area contributed by atoms with Gasteiger partial charge in [0, 0.05) is 0 Å². The summed E-state index contributed by atoms with van der Waals surface area (Å²) in [6.45, 7) is 3.62. The molecule has 0 aromatic heterocycles. The summed E-state index contributed by atoms with van der Waals surface area (Å²) >= 11 is 0. The lowest BCUT2D eigenvalue weighted by Crippen LogP contribution is -1.50. The maximum Gasteiger partial charge on any atom is -0.105 e. The Kier molecular flexibility index (Phi) is 2.50. The minimum atomic E-state index is 0.333.